The standard InChI is InChI=1S/C24H26O5/c1-26-21-9-7-16(13-23(21)28-3)5-6-17-11-19(14-20(25)12-17)18-8-10-22(27-2)24(15-18)29-4/h5-10,12-13,15,19H,11,14H2,1-4H3/b6-5-/t19-/m1/s1. The van der Waals surface area contributed by atoms with Crippen LogP contribution in [-0.2, 0) is 4.79 Å². The van der Waals surface area contributed by atoms with E-state index in [2.05, 4.69) is 0 Å². The van der Waals surface area contributed by atoms with Gasteiger partial charge in [0.25, 0.3) is 0 Å². The minimum absolute atomic E-state index is 0.109. The number of allylic oxidation sites excluding steroid dienone is 3. The molecule has 0 saturated carbocycles. The van der Waals surface area contributed by atoms with Gasteiger partial charge in [-0.15, -0.1) is 0 Å². The average Bonchev–Trinajstić information content (AvgIpc) is 2.76. The first-order valence-electron chi connectivity index (χ1n) is 9.43. The molecule has 2 aromatic carbocycles. The summed E-state index contributed by atoms with van der Waals surface area (Å²) in [6, 6.07) is 11.6. The van der Waals surface area contributed by atoms with Crippen molar-refractivity contribution in [2.75, 3.05) is 28.4 Å². The largest absolute Gasteiger partial charge is 0.493 e. The molecule has 0 heterocycles. The van der Waals surface area contributed by atoms with Crippen molar-refractivity contribution in [2.45, 2.75) is 18.8 Å². The van der Waals surface area contributed by atoms with E-state index < -0.39 is 0 Å². The minimum atomic E-state index is 0.109. The fourth-order valence-corrected chi connectivity index (χ4v) is 3.54. The van der Waals surface area contributed by atoms with Gasteiger partial charge in [0.05, 0.1) is 28.4 Å². The Balaban J connectivity index is 1.79. The highest BCUT2D eigenvalue weighted by Gasteiger charge is 2.22. The Morgan fingerprint density at radius 3 is 2.03 bits per heavy atom. The van der Waals surface area contributed by atoms with Crippen LogP contribution in [0.5, 0.6) is 23.0 Å². The third-order valence-corrected chi connectivity index (χ3v) is 5.05. The van der Waals surface area contributed by atoms with Gasteiger partial charge in [0, 0.05) is 6.42 Å². The van der Waals surface area contributed by atoms with Crippen molar-refractivity contribution in [3.8, 4) is 23.0 Å². The van der Waals surface area contributed by atoms with Gasteiger partial charge in [-0.05, 0) is 59.4 Å². The molecule has 0 spiro atoms. The quantitative estimate of drug-likeness (QED) is 0.675. The molecule has 3 rings (SSSR count). The van der Waals surface area contributed by atoms with Crippen LogP contribution in [0.25, 0.3) is 6.08 Å². The third kappa shape index (κ3) is 4.80. The molecule has 29 heavy (non-hydrogen) atoms. The Morgan fingerprint density at radius 1 is 0.759 bits per heavy atom. The number of ether oxygens (including phenoxy) is 4. The lowest BCUT2D eigenvalue weighted by atomic mass is 9.83. The highest BCUT2D eigenvalue weighted by Crippen LogP contribution is 2.37. The van der Waals surface area contributed by atoms with E-state index in [1.54, 1.807) is 34.5 Å². The van der Waals surface area contributed by atoms with Gasteiger partial charge in [-0.1, -0.05) is 24.3 Å². The Bertz CT molecular complexity index is 942. The van der Waals surface area contributed by atoms with Crippen LogP contribution in [0.4, 0.5) is 0 Å². The summed E-state index contributed by atoms with van der Waals surface area (Å²) in [5.41, 5.74) is 3.04. The monoisotopic (exact) mass is 394 g/mol. The van der Waals surface area contributed by atoms with Gasteiger partial charge in [0.2, 0.25) is 0 Å². The molecule has 0 amide bonds. The minimum Gasteiger partial charge on any atom is -0.493 e. The van der Waals surface area contributed by atoms with Crippen molar-refractivity contribution < 1.29 is 23.7 Å². The molecule has 152 valence electrons. The van der Waals surface area contributed by atoms with E-state index in [1.165, 1.54) is 0 Å². The van der Waals surface area contributed by atoms with Gasteiger partial charge in [0.15, 0.2) is 28.8 Å². The van der Waals surface area contributed by atoms with E-state index in [0.29, 0.717) is 29.4 Å². The average molecular weight is 394 g/mol. The second kappa shape index (κ2) is 9.32. The molecule has 0 radical (unpaired) electrons. The molecule has 0 saturated heterocycles. The number of rotatable bonds is 7. The summed E-state index contributed by atoms with van der Waals surface area (Å²) in [6.07, 6.45) is 6.98. The predicted octanol–water partition coefficient (Wildman–Crippen LogP) is 4.81. The highest BCUT2D eigenvalue weighted by molar-refractivity contribution is 5.92. The van der Waals surface area contributed by atoms with Crippen LogP contribution in [0.1, 0.15) is 29.9 Å². The molecule has 1 aliphatic rings. The van der Waals surface area contributed by atoms with Gasteiger partial charge >= 0.3 is 0 Å². The van der Waals surface area contributed by atoms with Crippen molar-refractivity contribution in [1.82, 2.24) is 0 Å². The summed E-state index contributed by atoms with van der Waals surface area (Å²) in [5.74, 6) is 2.95. The summed E-state index contributed by atoms with van der Waals surface area (Å²) < 4.78 is 21.3. The lowest BCUT2D eigenvalue weighted by Gasteiger charge is -2.22. The Hall–Kier alpha value is -3.21. The van der Waals surface area contributed by atoms with Crippen LogP contribution < -0.4 is 18.9 Å². The van der Waals surface area contributed by atoms with E-state index in [0.717, 1.165) is 23.1 Å². The predicted molar refractivity (Wildman–Crippen MR) is 113 cm³/mol. The van der Waals surface area contributed by atoms with Crippen LogP contribution in [0.2, 0.25) is 0 Å². The van der Waals surface area contributed by atoms with Crippen LogP contribution in [-0.4, -0.2) is 34.2 Å². The molecule has 0 aromatic heterocycles. The topological polar surface area (TPSA) is 54.0 Å². The van der Waals surface area contributed by atoms with Crippen molar-refractivity contribution in [2.24, 2.45) is 0 Å². The highest BCUT2D eigenvalue weighted by atomic mass is 16.5. The zero-order valence-corrected chi connectivity index (χ0v) is 17.2. The lowest BCUT2D eigenvalue weighted by molar-refractivity contribution is -0.115. The molecular weight excluding hydrogens is 368 g/mol. The first-order valence-corrected chi connectivity index (χ1v) is 9.43. The summed E-state index contributed by atoms with van der Waals surface area (Å²) >= 11 is 0. The maximum absolute atomic E-state index is 12.3. The van der Waals surface area contributed by atoms with Crippen LogP contribution in [0.3, 0.4) is 0 Å². The van der Waals surface area contributed by atoms with E-state index in [-0.39, 0.29) is 11.7 Å². The van der Waals surface area contributed by atoms with Crippen molar-refractivity contribution >= 4 is 11.9 Å². The molecule has 5 heteroatoms. The maximum Gasteiger partial charge on any atom is 0.161 e. The molecule has 5 nitrogen and oxygen atoms in total. The van der Waals surface area contributed by atoms with Crippen molar-refractivity contribution in [3.63, 3.8) is 0 Å². The van der Waals surface area contributed by atoms with Gasteiger partial charge in [-0.2, -0.15) is 0 Å². The normalized spacial score (nSPS) is 16.5. The lowest BCUT2D eigenvalue weighted by Crippen LogP contribution is -2.12. The van der Waals surface area contributed by atoms with Crippen LogP contribution in [0, 0.1) is 0 Å². The number of methoxy groups -OCH3 is 4. The number of carbonyl (C=O) groups is 1. The summed E-state index contributed by atoms with van der Waals surface area (Å²) in [7, 11) is 6.45. The SMILES string of the molecule is COc1ccc(/C=C\C2=CC(=O)C[C@H](c3ccc(OC)c(OC)c3)C2)cc1OC. The molecule has 2 aromatic rings. The smallest absolute Gasteiger partial charge is 0.161 e. The summed E-state index contributed by atoms with van der Waals surface area (Å²) in [6.45, 7) is 0. The summed E-state index contributed by atoms with van der Waals surface area (Å²) in [5, 5.41) is 0. The van der Waals surface area contributed by atoms with Gasteiger partial charge in [0.1, 0.15) is 0 Å². The van der Waals surface area contributed by atoms with Crippen LogP contribution in [0.15, 0.2) is 54.1 Å². The Morgan fingerprint density at radius 2 is 1.38 bits per heavy atom. The number of ketones is 1. The van der Waals surface area contributed by atoms with Gasteiger partial charge in [-0.3, -0.25) is 4.79 Å². The Labute approximate surface area is 171 Å². The molecule has 0 fully saturated rings. The first kappa shape index (κ1) is 20.5. The van der Waals surface area contributed by atoms with Crippen molar-refractivity contribution in [3.05, 3.63) is 65.3 Å². The molecule has 0 N–H and O–H groups in total. The van der Waals surface area contributed by atoms with Gasteiger partial charge < -0.3 is 18.9 Å². The van der Waals surface area contributed by atoms with E-state index in [9.17, 15) is 4.79 Å². The number of hydrogen-bond donors (Lipinski definition) is 0. The fourth-order valence-electron chi connectivity index (χ4n) is 3.54. The Kier molecular flexibility index (Phi) is 6.60. The second-order valence-electron chi connectivity index (χ2n) is 6.85. The molecule has 1 atom stereocenters. The summed E-state index contributed by atoms with van der Waals surface area (Å²) in [4.78, 5) is 12.3. The second-order valence-corrected chi connectivity index (χ2v) is 6.85. The van der Waals surface area contributed by atoms with Crippen molar-refractivity contribution in [1.29, 1.82) is 0 Å². The number of carbonyl (C=O) groups excluding carboxylic acids is 1. The van der Waals surface area contributed by atoms with E-state index >= 15 is 0 Å². The zero-order valence-electron chi connectivity index (χ0n) is 17.2. The van der Waals surface area contributed by atoms with E-state index in [1.807, 2.05) is 48.6 Å². The number of benzene rings is 2. The molecule has 0 bridgehead atoms. The molecule has 0 aliphatic heterocycles. The fraction of sp³-hybridized carbons (Fsp3) is 0.292. The van der Waals surface area contributed by atoms with E-state index in [4.69, 9.17) is 18.9 Å². The zero-order chi connectivity index (χ0) is 20.8. The maximum atomic E-state index is 12.3. The van der Waals surface area contributed by atoms with Gasteiger partial charge in [-0.25, -0.2) is 0 Å². The first-order chi connectivity index (χ1) is 14.1. The molecule has 1 aliphatic carbocycles. The molecule has 0 unspecified atom stereocenters. The van der Waals surface area contributed by atoms with Crippen LogP contribution >= 0.6 is 0 Å². The third-order valence-electron chi connectivity index (χ3n) is 5.05. The number of hydrogen-bond acceptors (Lipinski definition) is 5. The molecular formula is C24H26O5.